The molecule has 1 aliphatic heterocycles. The number of aromatic nitrogens is 2. The molecule has 1 fully saturated rings. The molecule has 0 unspecified atom stereocenters. The lowest BCUT2D eigenvalue weighted by Crippen LogP contribution is -2.51. The summed E-state index contributed by atoms with van der Waals surface area (Å²) in [6.45, 7) is 2.13. The number of hydrogen-bond donors (Lipinski definition) is 1. The van der Waals surface area contributed by atoms with Crippen molar-refractivity contribution in [1.29, 1.82) is 0 Å². The van der Waals surface area contributed by atoms with Gasteiger partial charge in [0.05, 0.1) is 16.6 Å². The minimum atomic E-state index is -0.685. The third-order valence-corrected chi connectivity index (χ3v) is 5.70. The molecule has 2 N–H and O–H groups in total. The monoisotopic (exact) mass is 376 g/mol. The van der Waals surface area contributed by atoms with Crippen LogP contribution in [0.4, 0.5) is 0 Å². The van der Waals surface area contributed by atoms with Crippen molar-refractivity contribution in [2.75, 3.05) is 0 Å². The number of primary amides is 1. The topological polar surface area (TPSA) is 102 Å². The van der Waals surface area contributed by atoms with Crippen LogP contribution < -0.4 is 5.73 Å². The average molecular weight is 376 g/mol. The molecule has 1 aromatic carbocycles. The highest BCUT2D eigenvalue weighted by atomic mass is 16.5. The van der Waals surface area contributed by atoms with Crippen LogP contribution in [0.15, 0.2) is 34.9 Å². The van der Waals surface area contributed by atoms with Crippen molar-refractivity contribution in [1.82, 2.24) is 15.0 Å². The van der Waals surface area contributed by atoms with E-state index < -0.39 is 11.9 Å². The van der Waals surface area contributed by atoms with Crippen molar-refractivity contribution in [2.24, 2.45) is 5.73 Å². The van der Waals surface area contributed by atoms with Crippen LogP contribution in [0.2, 0.25) is 0 Å². The summed E-state index contributed by atoms with van der Waals surface area (Å²) >= 11 is 0. The number of amides is 2. The molecule has 0 saturated heterocycles. The van der Waals surface area contributed by atoms with Gasteiger partial charge in [0.1, 0.15) is 6.04 Å². The summed E-state index contributed by atoms with van der Waals surface area (Å²) in [4.78, 5) is 31.9. The second kappa shape index (κ2) is 6.15. The standard InChI is InChI=1S/C21H20N4O3/c1-11-18-15(9-16(12-6-7-12)23-20(18)28-24-11)21(27)25-10-14-5-3-2-4-13(14)8-17(25)19(22)26/h2-5,9,12,17H,6-8,10H2,1H3,(H2,22,26)/t17-/m1/s1. The van der Waals surface area contributed by atoms with Gasteiger partial charge in [0.25, 0.3) is 11.6 Å². The number of aryl methyl sites for hydroxylation is 1. The highest BCUT2D eigenvalue weighted by Gasteiger charge is 2.36. The first-order chi connectivity index (χ1) is 13.5. The Morgan fingerprint density at radius 1 is 1.21 bits per heavy atom. The Morgan fingerprint density at radius 2 is 1.96 bits per heavy atom. The van der Waals surface area contributed by atoms with E-state index in [-0.39, 0.29) is 5.91 Å². The number of rotatable bonds is 3. The van der Waals surface area contributed by atoms with Crippen LogP contribution in [0.5, 0.6) is 0 Å². The molecule has 0 bridgehead atoms. The third kappa shape index (κ3) is 2.66. The van der Waals surface area contributed by atoms with E-state index in [2.05, 4.69) is 10.1 Å². The van der Waals surface area contributed by atoms with Crippen molar-refractivity contribution in [3.05, 3.63) is 58.4 Å². The van der Waals surface area contributed by atoms with Gasteiger partial charge in [-0.15, -0.1) is 0 Å². The fraction of sp³-hybridized carbons (Fsp3) is 0.333. The normalized spacial score (nSPS) is 18.9. The van der Waals surface area contributed by atoms with Crippen LogP contribution >= 0.6 is 0 Å². The number of hydrogen-bond acceptors (Lipinski definition) is 5. The maximum atomic E-state index is 13.6. The van der Waals surface area contributed by atoms with Crippen LogP contribution in [0.1, 0.15) is 51.6 Å². The molecule has 0 radical (unpaired) electrons. The van der Waals surface area contributed by atoms with Gasteiger partial charge in [0, 0.05) is 24.6 Å². The molecule has 1 saturated carbocycles. The van der Waals surface area contributed by atoms with Gasteiger partial charge in [-0.1, -0.05) is 29.4 Å². The van der Waals surface area contributed by atoms with E-state index in [1.54, 1.807) is 11.8 Å². The van der Waals surface area contributed by atoms with Crippen LogP contribution in [0, 0.1) is 6.92 Å². The molecule has 3 aromatic rings. The number of nitrogens with zero attached hydrogens (tertiary/aromatic N) is 3. The Kier molecular flexibility index (Phi) is 3.72. The SMILES string of the molecule is Cc1noc2nc(C3CC3)cc(C(=O)N3Cc4ccccc4C[C@@H]3C(N)=O)c12. The molecule has 7 heteroatoms. The second-order valence-electron chi connectivity index (χ2n) is 7.64. The Balaban J connectivity index is 1.62. The molecule has 2 aliphatic rings. The second-order valence-corrected chi connectivity index (χ2v) is 7.64. The summed E-state index contributed by atoms with van der Waals surface area (Å²) < 4.78 is 5.35. The average Bonchev–Trinajstić information content (AvgIpc) is 3.49. The first kappa shape index (κ1) is 16.9. The van der Waals surface area contributed by atoms with Gasteiger partial charge in [-0.05, 0) is 37.0 Å². The largest absolute Gasteiger partial charge is 0.368 e. The molecular weight excluding hydrogens is 356 g/mol. The lowest BCUT2D eigenvalue weighted by Gasteiger charge is -2.35. The minimum absolute atomic E-state index is 0.237. The maximum Gasteiger partial charge on any atom is 0.259 e. The van der Waals surface area contributed by atoms with Crippen molar-refractivity contribution in [3.8, 4) is 0 Å². The quantitative estimate of drug-likeness (QED) is 0.756. The van der Waals surface area contributed by atoms with E-state index >= 15 is 0 Å². The Morgan fingerprint density at radius 3 is 2.68 bits per heavy atom. The van der Waals surface area contributed by atoms with E-state index in [0.29, 0.717) is 41.2 Å². The van der Waals surface area contributed by atoms with Gasteiger partial charge in [-0.25, -0.2) is 4.98 Å². The highest BCUT2D eigenvalue weighted by molar-refractivity contribution is 6.07. The van der Waals surface area contributed by atoms with Crippen LogP contribution in [0.3, 0.4) is 0 Å². The van der Waals surface area contributed by atoms with Crippen LogP contribution in [-0.4, -0.2) is 32.9 Å². The Bertz CT molecular complexity index is 1120. The van der Waals surface area contributed by atoms with Gasteiger partial charge in [0.2, 0.25) is 5.91 Å². The molecule has 0 spiro atoms. The lowest BCUT2D eigenvalue weighted by atomic mass is 9.92. The highest BCUT2D eigenvalue weighted by Crippen LogP contribution is 2.41. The number of carbonyl (C=O) groups excluding carboxylic acids is 2. The van der Waals surface area contributed by atoms with Crippen LogP contribution in [0.25, 0.3) is 11.1 Å². The van der Waals surface area contributed by atoms with Gasteiger partial charge in [-0.2, -0.15) is 0 Å². The molecule has 142 valence electrons. The Labute approximate surface area is 161 Å². The molecule has 3 heterocycles. The lowest BCUT2D eigenvalue weighted by molar-refractivity contribution is -0.122. The molecule has 1 atom stereocenters. The van der Waals surface area contributed by atoms with Gasteiger partial charge >= 0.3 is 0 Å². The fourth-order valence-electron chi connectivity index (χ4n) is 4.02. The summed E-state index contributed by atoms with van der Waals surface area (Å²) in [6, 6.07) is 8.98. The van der Waals surface area contributed by atoms with Crippen molar-refractivity contribution in [3.63, 3.8) is 0 Å². The number of fused-ring (bicyclic) bond motifs is 2. The molecule has 28 heavy (non-hydrogen) atoms. The van der Waals surface area contributed by atoms with Crippen molar-refractivity contribution in [2.45, 2.75) is 44.7 Å². The number of nitrogens with two attached hydrogens (primary N) is 1. The summed E-state index contributed by atoms with van der Waals surface area (Å²) in [6.07, 6.45) is 2.53. The van der Waals surface area contributed by atoms with Crippen LogP contribution in [-0.2, 0) is 17.8 Å². The summed E-state index contributed by atoms with van der Waals surface area (Å²) in [5.41, 5.74) is 10.1. The third-order valence-electron chi connectivity index (χ3n) is 5.70. The smallest absolute Gasteiger partial charge is 0.259 e. The first-order valence-electron chi connectivity index (χ1n) is 9.47. The maximum absolute atomic E-state index is 13.6. The summed E-state index contributed by atoms with van der Waals surface area (Å²) in [7, 11) is 0. The minimum Gasteiger partial charge on any atom is -0.368 e. The van der Waals surface area contributed by atoms with Gasteiger partial charge < -0.3 is 15.2 Å². The zero-order valence-corrected chi connectivity index (χ0v) is 15.5. The summed E-state index contributed by atoms with van der Waals surface area (Å²) in [5, 5.41) is 4.60. The molecule has 2 amide bonds. The summed E-state index contributed by atoms with van der Waals surface area (Å²) in [5.74, 6) is -0.383. The van der Waals surface area contributed by atoms with E-state index in [1.807, 2.05) is 30.3 Å². The predicted octanol–water partition coefficient (Wildman–Crippen LogP) is 2.46. The van der Waals surface area contributed by atoms with Crippen molar-refractivity contribution >= 4 is 22.9 Å². The Hall–Kier alpha value is -3.22. The van der Waals surface area contributed by atoms with E-state index in [1.165, 1.54) is 0 Å². The zero-order chi connectivity index (χ0) is 19.4. The van der Waals surface area contributed by atoms with Gasteiger partial charge in [-0.3, -0.25) is 9.59 Å². The predicted molar refractivity (Wildman–Crippen MR) is 102 cm³/mol. The van der Waals surface area contributed by atoms with E-state index in [4.69, 9.17) is 10.3 Å². The van der Waals surface area contributed by atoms with E-state index in [0.717, 1.165) is 29.7 Å². The first-order valence-corrected chi connectivity index (χ1v) is 9.47. The van der Waals surface area contributed by atoms with Crippen molar-refractivity contribution < 1.29 is 14.1 Å². The zero-order valence-electron chi connectivity index (χ0n) is 15.5. The molecular formula is C21H20N4O3. The molecule has 5 rings (SSSR count). The van der Waals surface area contributed by atoms with Gasteiger partial charge in [0.15, 0.2) is 0 Å². The van der Waals surface area contributed by atoms with E-state index in [9.17, 15) is 9.59 Å². The molecule has 2 aromatic heterocycles. The molecule has 1 aliphatic carbocycles. The number of carbonyl (C=O) groups is 2. The number of pyridine rings is 1. The fourth-order valence-corrected chi connectivity index (χ4v) is 4.02. The number of benzene rings is 1. The molecule has 7 nitrogen and oxygen atoms in total.